The molecule has 0 aliphatic rings. The average molecular weight is 275 g/mol. The number of rotatable bonds is 4. The molecule has 1 radical (unpaired) electrons. The summed E-state index contributed by atoms with van der Waals surface area (Å²) >= 11 is 0. The first-order chi connectivity index (χ1) is 8.96. The molecule has 0 spiro atoms. The van der Waals surface area contributed by atoms with Gasteiger partial charge in [0, 0.05) is 18.4 Å². The minimum Gasteiger partial charge on any atom is -0.345 e. The second-order valence-corrected chi connectivity index (χ2v) is 5.99. The number of nitrogens with zero attached hydrogens (tertiary/aromatic N) is 1. The molecule has 0 amide bonds. The predicted molar refractivity (Wildman–Crippen MR) is 78.2 cm³/mol. The Morgan fingerprint density at radius 1 is 1.11 bits per heavy atom. The van der Waals surface area contributed by atoms with E-state index in [1.807, 2.05) is 48.3 Å². The van der Waals surface area contributed by atoms with Gasteiger partial charge in [0.25, 0.3) is 0 Å². The fourth-order valence-corrected chi connectivity index (χ4v) is 2.30. The summed E-state index contributed by atoms with van der Waals surface area (Å²) < 4.78 is 24.9. The monoisotopic (exact) mass is 275 g/mol. The van der Waals surface area contributed by atoms with Crippen LogP contribution in [0.1, 0.15) is 0 Å². The molecule has 0 fully saturated rings. The summed E-state index contributed by atoms with van der Waals surface area (Å²) in [5.41, 5.74) is 2.46. The standard InChI is InChI=1S/C14H15N2O2S/c1-16(13-8-4-3-5-9-13)14-10-6-7-12(11-14)15-19(2,17)18/h4-11,15H,1-2H3. The Morgan fingerprint density at radius 2 is 1.79 bits per heavy atom. The van der Waals surface area contributed by atoms with Crippen LogP contribution >= 0.6 is 0 Å². The maximum Gasteiger partial charge on any atom is 0.229 e. The molecule has 0 atom stereocenters. The molecule has 0 aromatic heterocycles. The van der Waals surface area contributed by atoms with Gasteiger partial charge in [-0.3, -0.25) is 4.72 Å². The van der Waals surface area contributed by atoms with Gasteiger partial charge < -0.3 is 4.90 Å². The van der Waals surface area contributed by atoms with E-state index in [1.54, 1.807) is 12.1 Å². The van der Waals surface area contributed by atoms with Crippen molar-refractivity contribution in [1.82, 2.24) is 0 Å². The molecule has 2 aromatic carbocycles. The van der Waals surface area contributed by atoms with Crippen LogP contribution in [0.25, 0.3) is 0 Å². The Bertz CT molecular complexity index is 654. The Kier molecular flexibility index (Phi) is 3.76. The minimum atomic E-state index is -3.26. The fourth-order valence-electron chi connectivity index (χ4n) is 1.74. The molecule has 0 unspecified atom stereocenters. The Labute approximate surface area is 113 Å². The number of nitrogens with one attached hydrogen (secondary N) is 1. The third kappa shape index (κ3) is 3.72. The molecule has 0 aliphatic heterocycles. The van der Waals surface area contributed by atoms with Crippen molar-refractivity contribution in [3.63, 3.8) is 0 Å². The van der Waals surface area contributed by atoms with Crippen molar-refractivity contribution < 1.29 is 8.42 Å². The van der Waals surface area contributed by atoms with Crippen molar-refractivity contribution >= 4 is 27.1 Å². The maximum atomic E-state index is 11.2. The van der Waals surface area contributed by atoms with Gasteiger partial charge in [-0.25, -0.2) is 8.42 Å². The molecule has 1 N–H and O–H groups in total. The van der Waals surface area contributed by atoms with E-state index in [9.17, 15) is 8.42 Å². The highest BCUT2D eigenvalue weighted by atomic mass is 32.2. The van der Waals surface area contributed by atoms with Crippen molar-refractivity contribution in [2.45, 2.75) is 0 Å². The lowest BCUT2D eigenvalue weighted by atomic mass is 10.2. The van der Waals surface area contributed by atoms with E-state index in [2.05, 4.69) is 10.8 Å². The molecular weight excluding hydrogens is 260 g/mol. The lowest BCUT2D eigenvalue weighted by molar-refractivity contribution is 0.607. The average Bonchev–Trinajstić information content (AvgIpc) is 2.37. The predicted octanol–water partition coefficient (Wildman–Crippen LogP) is 2.63. The van der Waals surface area contributed by atoms with Gasteiger partial charge in [0.15, 0.2) is 0 Å². The number of hydrogen-bond acceptors (Lipinski definition) is 3. The maximum absolute atomic E-state index is 11.2. The molecule has 0 aliphatic carbocycles. The molecule has 2 rings (SSSR count). The lowest BCUT2D eigenvalue weighted by Gasteiger charge is -2.20. The van der Waals surface area contributed by atoms with Crippen LogP contribution in [0.15, 0.2) is 48.5 Å². The van der Waals surface area contributed by atoms with Gasteiger partial charge in [0.2, 0.25) is 10.0 Å². The van der Waals surface area contributed by atoms with Crippen molar-refractivity contribution in [3.05, 3.63) is 54.6 Å². The van der Waals surface area contributed by atoms with Crippen LogP contribution in [0, 0.1) is 6.07 Å². The molecule has 0 saturated carbocycles. The van der Waals surface area contributed by atoms with Gasteiger partial charge in [0.05, 0.1) is 11.9 Å². The number of benzene rings is 2. The summed E-state index contributed by atoms with van der Waals surface area (Å²) in [5, 5.41) is 0. The molecular formula is C14H15N2O2S. The van der Waals surface area contributed by atoms with Gasteiger partial charge in [-0.05, 0) is 36.4 Å². The van der Waals surface area contributed by atoms with Crippen molar-refractivity contribution in [2.24, 2.45) is 0 Å². The molecule has 0 bridgehead atoms. The first kappa shape index (κ1) is 13.4. The summed E-state index contributed by atoms with van der Waals surface area (Å²) in [6, 6.07) is 17.8. The second kappa shape index (κ2) is 5.32. The summed E-state index contributed by atoms with van der Waals surface area (Å²) in [4.78, 5) is 1.97. The molecule has 0 heterocycles. The molecule has 4 nitrogen and oxygen atoms in total. The molecule has 0 saturated heterocycles. The molecule has 19 heavy (non-hydrogen) atoms. The zero-order chi connectivity index (χ0) is 13.9. The fraction of sp³-hybridized carbons (Fsp3) is 0.143. The van der Waals surface area contributed by atoms with Crippen LogP contribution in [0.5, 0.6) is 0 Å². The Balaban J connectivity index is 2.29. The smallest absolute Gasteiger partial charge is 0.229 e. The third-order valence-corrected chi connectivity index (χ3v) is 3.23. The first-order valence-corrected chi connectivity index (χ1v) is 7.62. The summed E-state index contributed by atoms with van der Waals surface area (Å²) in [5.74, 6) is 0. The van der Waals surface area contributed by atoms with Gasteiger partial charge >= 0.3 is 0 Å². The third-order valence-electron chi connectivity index (χ3n) is 2.62. The number of sulfonamides is 1. The van der Waals surface area contributed by atoms with E-state index in [0.29, 0.717) is 5.69 Å². The van der Waals surface area contributed by atoms with Crippen LogP contribution in [-0.2, 0) is 10.0 Å². The highest BCUT2D eigenvalue weighted by molar-refractivity contribution is 7.92. The highest BCUT2D eigenvalue weighted by Gasteiger charge is 2.06. The second-order valence-electron chi connectivity index (χ2n) is 4.24. The van der Waals surface area contributed by atoms with Gasteiger partial charge in [0.1, 0.15) is 0 Å². The van der Waals surface area contributed by atoms with Crippen LogP contribution in [0.4, 0.5) is 17.1 Å². The summed E-state index contributed by atoms with van der Waals surface area (Å²) in [7, 11) is -1.33. The van der Waals surface area contributed by atoms with Gasteiger partial charge in [-0.15, -0.1) is 0 Å². The van der Waals surface area contributed by atoms with E-state index < -0.39 is 10.0 Å². The van der Waals surface area contributed by atoms with Crippen LogP contribution < -0.4 is 9.62 Å². The SMILES string of the molecule is CN(c1cc[c]cc1)c1cccc(NS(C)(=O)=O)c1. The van der Waals surface area contributed by atoms with E-state index in [1.165, 1.54) is 0 Å². The minimum absolute atomic E-state index is 0.550. The normalized spacial score (nSPS) is 11.1. The molecule has 5 heteroatoms. The van der Waals surface area contributed by atoms with Crippen molar-refractivity contribution in [3.8, 4) is 0 Å². The summed E-state index contributed by atoms with van der Waals surface area (Å²) in [6.45, 7) is 0. The van der Waals surface area contributed by atoms with Crippen LogP contribution in [0.3, 0.4) is 0 Å². The topological polar surface area (TPSA) is 49.4 Å². The zero-order valence-electron chi connectivity index (χ0n) is 10.8. The van der Waals surface area contributed by atoms with Crippen LogP contribution in [0.2, 0.25) is 0 Å². The highest BCUT2D eigenvalue weighted by Crippen LogP contribution is 2.25. The quantitative estimate of drug-likeness (QED) is 0.933. The largest absolute Gasteiger partial charge is 0.345 e. The van der Waals surface area contributed by atoms with Gasteiger partial charge in [-0.1, -0.05) is 18.2 Å². The van der Waals surface area contributed by atoms with Crippen LogP contribution in [-0.4, -0.2) is 21.7 Å². The van der Waals surface area contributed by atoms with E-state index >= 15 is 0 Å². The lowest BCUT2D eigenvalue weighted by Crippen LogP contribution is -2.12. The number of anilines is 3. The number of hydrogen-bond donors (Lipinski definition) is 1. The van der Waals surface area contributed by atoms with Gasteiger partial charge in [-0.2, -0.15) is 0 Å². The summed E-state index contributed by atoms with van der Waals surface area (Å²) in [6.07, 6.45) is 1.14. The van der Waals surface area contributed by atoms with E-state index in [4.69, 9.17) is 0 Å². The molecule has 99 valence electrons. The zero-order valence-corrected chi connectivity index (χ0v) is 11.6. The van der Waals surface area contributed by atoms with E-state index in [0.717, 1.165) is 17.6 Å². The Hall–Kier alpha value is -2.01. The van der Waals surface area contributed by atoms with E-state index in [-0.39, 0.29) is 0 Å². The van der Waals surface area contributed by atoms with Crippen molar-refractivity contribution in [2.75, 3.05) is 22.9 Å². The molecule has 2 aromatic rings. The van der Waals surface area contributed by atoms with Crippen molar-refractivity contribution in [1.29, 1.82) is 0 Å². The first-order valence-electron chi connectivity index (χ1n) is 5.73. The Morgan fingerprint density at radius 3 is 2.42 bits per heavy atom.